The Morgan fingerprint density at radius 3 is 2.28 bits per heavy atom. The molecule has 3 unspecified atom stereocenters. The van der Waals surface area contributed by atoms with Crippen molar-refractivity contribution in [2.24, 2.45) is 27.9 Å². The summed E-state index contributed by atoms with van der Waals surface area (Å²) in [6, 6.07) is 0.221. The first-order valence-electron chi connectivity index (χ1n) is 7.55. The van der Waals surface area contributed by atoms with Gasteiger partial charge < -0.3 is 5.73 Å². The van der Waals surface area contributed by atoms with Crippen molar-refractivity contribution in [1.29, 1.82) is 0 Å². The van der Waals surface area contributed by atoms with E-state index >= 15 is 0 Å². The van der Waals surface area contributed by atoms with Crippen molar-refractivity contribution >= 4 is 0 Å². The van der Waals surface area contributed by atoms with E-state index in [0.29, 0.717) is 16.2 Å². The first kappa shape index (κ1) is 12.5. The third-order valence-electron chi connectivity index (χ3n) is 5.82. The van der Waals surface area contributed by atoms with Crippen molar-refractivity contribution in [3.63, 3.8) is 0 Å². The van der Waals surface area contributed by atoms with Gasteiger partial charge in [-0.2, -0.15) is 0 Å². The molecule has 0 aliphatic heterocycles. The summed E-state index contributed by atoms with van der Waals surface area (Å²) in [6.07, 6.45) is 16.0. The SMILES string of the molecule is C#CCC(N)CC12CC3CC(C)(CC(C)(C3)C1)C2. The van der Waals surface area contributed by atoms with E-state index in [2.05, 4.69) is 19.8 Å². The standard InChI is InChI=1S/C17H27N/c1-4-5-14(18)9-17-8-13-6-15(2,11-17)10-16(3,7-13)12-17/h1,13-14H,5-12,18H2,2-3H3. The molecule has 0 aromatic heterocycles. The highest BCUT2D eigenvalue weighted by Crippen LogP contribution is 2.70. The molecule has 4 rings (SSSR count). The summed E-state index contributed by atoms with van der Waals surface area (Å²) in [5.41, 5.74) is 7.98. The van der Waals surface area contributed by atoms with Crippen LogP contribution in [0.5, 0.6) is 0 Å². The van der Waals surface area contributed by atoms with Crippen molar-refractivity contribution in [3.8, 4) is 12.3 Å². The Labute approximate surface area is 112 Å². The predicted molar refractivity (Wildman–Crippen MR) is 75.9 cm³/mol. The fraction of sp³-hybridized carbons (Fsp3) is 0.882. The molecule has 1 heteroatoms. The van der Waals surface area contributed by atoms with E-state index in [9.17, 15) is 0 Å². The lowest BCUT2D eigenvalue weighted by Crippen LogP contribution is -2.56. The molecule has 0 amide bonds. The molecular formula is C17H27N. The van der Waals surface area contributed by atoms with Crippen LogP contribution < -0.4 is 5.73 Å². The number of terminal acetylenes is 1. The zero-order chi connectivity index (χ0) is 13.0. The lowest BCUT2D eigenvalue weighted by molar-refractivity contribution is -0.149. The molecular weight excluding hydrogens is 218 g/mol. The zero-order valence-electron chi connectivity index (χ0n) is 12.0. The highest BCUT2D eigenvalue weighted by molar-refractivity contribution is 5.11. The van der Waals surface area contributed by atoms with Crippen molar-refractivity contribution in [2.75, 3.05) is 0 Å². The van der Waals surface area contributed by atoms with E-state index in [1.54, 1.807) is 0 Å². The number of hydrogen-bond donors (Lipinski definition) is 1. The average molecular weight is 245 g/mol. The van der Waals surface area contributed by atoms with Crippen LogP contribution in [0.15, 0.2) is 0 Å². The van der Waals surface area contributed by atoms with Crippen molar-refractivity contribution in [3.05, 3.63) is 0 Å². The quantitative estimate of drug-likeness (QED) is 0.753. The Hall–Kier alpha value is -0.480. The molecule has 2 N–H and O–H groups in total. The summed E-state index contributed by atoms with van der Waals surface area (Å²) < 4.78 is 0. The van der Waals surface area contributed by atoms with Gasteiger partial charge in [0.1, 0.15) is 0 Å². The molecule has 18 heavy (non-hydrogen) atoms. The van der Waals surface area contributed by atoms with E-state index in [1.165, 1.54) is 44.9 Å². The molecule has 4 aliphatic rings. The molecule has 4 saturated carbocycles. The van der Waals surface area contributed by atoms with Gasteiger partial charge in [-0.15, -0.1) is 12.3 Å². The maximum Gasteiger partial charge on any atom is 0.0238 e. The fourth-order valence-electron chi connectivity index (χ4n) is 6.69. The molecule has 0 aromatic rings. The molecule has 0 heterocycles. The Bertz CT molecular complexity index is 373. The average Bonchev–Trinajstić information content (AvgIpc) is 2.09. The van der Waals surface area contributed by atoms with Gasteiger partial charge >= 0.3 is 0 Å². The molecule has 1 nitrogen and oxygen atoms in total. The van der Waals surface area contributed by atoms with Gasteiger partial charge in [0, 0.05) is 12.5 Å². The van der Waals surface area contributed by atoms with Crippen LogP contribution in [-0.2, 0) is 0 Å². The van der Waals surface area contributed by atoms with Crippen molar-refractivity contribution in [2.45, 2.75) is 71.3 Å². The number of nitrogens with two attached hydrogens (primary N) is 1. The van der Waals surface area contributed by atoms with Crippen LogP contribution in [0, 0.1) is 34.5 Å². The Balaban J connectivity index is 1.83. The summed E-state index contributed by atoms with van der Waals surface area (Å²) in [5, 5.41) is 0. The van der Waals surface area contributed by atoms with Crippen molar-refractivity contribution < 1.29 is 0 Å². The van der Waals surface area contributed by atoms with Gasteiger partial charge in [-0.05, 0) is 67.1 Å². The Kier molecular flexibility index (Phi) is 2.62. The Morgan fingerprint density at radius 2 is 1.78 bits per heavy atom. The van der Waals surface area contributed by atoms with Gasteiger partial charge in [-0.1, -0.05) is 13.8 Å². The van der Waals surface area contributed by atoms with Gasteiger partial charge in [0.05, 0.1) is 0 Å². The molecule has 4 aliphatic carbocycles. The largest absolute Gasteiger partial charge is 0.327 e. The molecule has 0 aromatic carbocycles. The normalized spacial score (nSPS) is 51.1. The van der Waals surface area contributed by atoms with Crippen LogP contribution >= 0.6 is 0 Å². The third kappa shape index (κ3) is 1.99. The third-order valence-corrected chi connectivity index (χ3v) is 5.82. The maximum absolute atomic E-state index is 6.25. The predicted octanol–water partition coefficient (Wildman–Crippen LogP) is 3.72. The molecule has 4 bridgehead atoms. The van der Waals surface area contributed by atoms with E-state index < -0.39 is 0 Å². The zero-order valence-corrected chi connectivity index (χ0v) is 12.0. The topological polar surface area (TPSA) is 26.0 Å². The van der Waals surface area contributed by atoms with E-state index in [1.807, 2.05) is 0 Å². The van der Waals surface area contributed by atoms with Crippen LogP contribution in [0.25, 0.3) is 0 Å². The van der Waals surface area contributed by atoms with Crippen LogP contribution in [0.1, 0.15) is 65.2 Å². The van der Waals surface area contributed by atoms with Crippen molar-refractivity contribution in [1.82, 2.24) is 0 Å². The first-order chi connectivity index (χ1) is 8.36. The van der Waals surface area contributed by atoms with Crippen LogP contribution in [0.3, 0.4) is 0 Å². The van der Waals surface area contributed by atoms with E-state index in [-0.39, 0.29) is 6.04 Å². The maximum atomic E-state index is 6.25. The van der Waals surface area contributed by atoms with E-state index in [0.717, 1.165) is 12.3 Å². The lowest BCUT2D eigenvalue weighted by Gasteiger charge is -2.66. The fourth-order valence-corrected chi connectivity index (χ4v) is 6.69. The molecule has 0 saturated heterocycles. The van der Waals surface area contributed by atoms with Crippen LogP contribution in [0.4, 0.5) is 0 Å². The number of hydrogen-bond acceptors (Lipinski definition) is 1. The summed E-state index contributed by atoms with van der Waals surface area (Å²) in [4.78, 5) is 0. The first-order valence-corrected chi connectivity index (χ1v) is 7.55. The van der Waals surface area contributed by atoms with Crippen LogP contribution in [-0.4, -0.2) is 6.04 Å². The highest BCUT2D eigenvalue weighted by Gasteiger charge is 2.59. The molecule has 100 valence electrons. The monoisotopic (exact) mass is 245 g/mol. The Morgan fingerprint density at radius 1 is 1.17 bits per heavy atom. The second-order valence-electron chi connectivity index (χ2n) is 8.50. The van der Waals surface area contributed by atoms with E-state index in [4.69, 9.17) is 12.2 Å². The minimum absolute atomic E-state index is 0.221. The molecule has 3 atom stereocenters. The molecule has 4 fully saturated rings. The molecule has 0 spiro atoms. The van der Waals surface area contributed by atoms with Gasteiger partial charge in [0.25, 0.3) is 0 Å². The van der Waals surface area contributed by atoms with Gasteiger partial charge in [-0.25, -0.2) is 0 Å². The van der Waals surface area contributed by atoms with Gasteiger partial charge in [0.2, 0.25) is 0 Å². The number of rotatable bonds is 3. The summed E-state index contributed by atoms with van der Waals surface area (Å²) in [5.74, 6) is 3.71. The minimum atomic E-state index is 0.221. The molecule has 0 radical (unpaired) electrons. The summed E-state index contributed by atoms with van der Waals surface area (Å²) >= 11 is 0. The highest BCUT2D eigenvalue weighted by atomic mass is 14.7. The van der Waals surface area contributed by atoms with Gasteiger partial charge in [-0.3, -0.25) is 0 Å². The summed E-state index contributed by atoms with van der Waals surface area (Å²) in [6.45, 7) is 5.05. The van der Waals surface area contributed by atoms with Gasteiger partial charge in [0.15, 0.2) is 0 Å². The minimum Gasteiger partial charge on any atom is -0.327 e. The summed E-state index contributed by atoms with van der Waals surface area (Å²) in [7, 11) is 0. The second-order valence-corrected chi connectivity index (χ2v) is 8.50. The second kappa shape index (κ2) is 3.76. The van der Waals surface area contributed by atoms with Crippen LogP contribution in [0.2, 0.25) is 0 Å². The smallest absolute Gasteiger partial charge is 0.0238 e. The lowest BCUT2D eigenvalue weighted by atomic mass is 9.39.